The molecule has 5 nitrogen and oxygen atoms in total. The first kappa shape index (κ1) is 22.9. The Morgan fingerprint density at radius 3 is 2.28 bits per heavy atom. The summed E-state index contributed by atoms with van der Waals surface area (Å²) in [5, 5.41) is 4.97. The second-order valence-electron chi connectivity index (χ2n) is 11.6. The largest absolute Gasteiger partial charge is 0.456 e. The predicted molar refractivity (Wildman–Crippen MR) is 168 cm³/mol. The van der Waals surface area contributed by atoms with Crippen molar-refractivity contribution in [2.24, 2.45) is 7.05 Å². The molecular formula is C38H26N4O+2. The summed E-state index contributed by atoms with van der Waals surface area (Å²) in [6.45, 7) is 0. The summed E-state index contributed by atoms with van der Waals surface area (Å²) in [7, 11) is 2.13. The average Bonchev–Trinajstić information content (AvgIpc) is 3.72. The quantitative estimate of drug-likeness (QED) is 0.203. The topological polar surface area (TPSA) is 26.8 Å². The van der Waals surface area contributed by atoms with Crippen molar-refractivity contribution in [1.82, 2.24) is 9.25 Å². The molecular weight excluding hydrogens is 528 g/mol. The molecule has 1 unspecified atom stereocenters. The van der Waals surface area contributed by atoms with E-state index in [0.29, 0.717) is 0 Å². The van der Waals surface area contributed by atoms with Gasteiger partial charge in [-0.1, -0.05) is 65.3 Å². The van der Waals surface area contributed by atoms with E-state index in [1.807, 2.05) is 0 Å². The minimum absolute atomic E-state index is 0.0365. The summed E-state index contributed by atoms with van der Waals surface area (Å²) in [4.78, 5) is 0. The molecule has 0 aliphatic carbocycles. The van der Waals surface area contributed by atoms with E-state index in [9.17, 15) is 0 Å². The van der Waals surface area contributed by atoms with E-state index in [0.717, 1.165) is 28.5 Å². The highest BCUT2D eigenvalue weighted by Crippen LogP contribution is 2.50. The Balaban J connectivity index is 1.25. The van der Waals surface area contributed by atoms with Crippen LogP contribution in [0.25, 0.3) is 55.2 Å². The van der Waals surface area contributed by atoms with Crippen molar-refractivity contribution in [3.63, 3.8) is 0 Å². The Morgan fingerprint density at radius 2 is 1.40 bits per heavy atom. The third kappa shape index (κ3) is 3.00. The Kier molecular flexibility index (Phi) is 4.38. The SMILES string of the molecule is C[n+]1cccc2c3ccccc3n(-c3cccc4c3C3c5c(cccc5-n5cc(-c6ccc7ccccc7c6)c[n+]53)O4)c21. The molecule has 0 N–H and O–H groups in total. The first-order chi connectivity index (χ1) is 21.2. The summed E-state index contributed by atoms with van der Waals surface area (Å²) in [5.74, 6) is 1.81. The van der Waals surface area contributed by atoms with Crippen LogP contribution in [0.5, 0.6) is 11.5 Å². The molecule has 2 aliphatic heterocycles. The van der Waals surface area contributed by atoms with Gasteiger partial charge < -0.3 is 4.74 Å². The van der Waals surface area contributed by atoms with Gasteiger partial charge in [-0.2, -0.15) is 4.57 Å². The van der Waals surface area contributed by atoms with Gasteiger partial charge >= 0.3 is 0 Å². The van der Waals surface area contributed by atoms with Crippen LogP contribution in [0.3, 0.4) is 0 Å². The van der Waals surface area contributed by atoms with Gasteiger partial charge in [0.25, 0.3) is 5.65 Å². The maximum Gasteiger partial charge on any atom is 0.294 e. The van der Waals surface area contributed by atoms with Gasteiger partial charge in [-0.3, -0.25) is 0 Å². The molecule has 0 radical (unpaired) electrons. The molecule has 0 fully saturated rings. The zero-order valence-electron chi connectivity index (χ0n) is 23.5. The monoisotopic (exact) mass is 554 g/mol. The number of aromatic nitrogens is 4. The molecule has 3 aromatic heterocycles. The lowest BCUT2D eigenvalue weighted by Gasteiger charge is -2.22. The van der Waals surface area contributed by atoms with Crippen molar-refractivity contribution in [1.29, 1.82) is 0 Å². The molecule has 5 aromatic carbocycles. The van der Waals surface area contributed by atoms with E-state index < -0.39 is 0 Å². The van der Waals surface area contributed by atoms with Crippen LogP contribution in [0, 0.1) is 0 Å². The molecule has 0 amide bonds. The van der Waals surface area contributed by atoms with Crippen LogP contribution in [0.2, 0.25) is 0 Å². The number of aryl methyl sites for hydroxylation is 1. The Bertz CT molecular complexity index is 2470. The molecule has 0 saturated carbocycles. The minimum Gasteiger partial charge on any atom is -0.456 e. The van der Waals surface area contributed by atoms with Gasteiger partial charge in [-0.05, 0) is 70.9 Å². The third-order valence-corrected chi connectivity index (χ3v) is 9.26. The highest BCUT2D eigenvalue weighted by Gasteiger charge is 2.48. The molecule has 1 atom stereocenters. The molecule has 2 aliphatic rings. The highest BCUT2D eigenvalue weighted by atomic mass is 16.5. The van der Waals surface area contributed by atoms with Gasteiger partial charge in [0.15, 0.2) is 0 Å². The highest BCUT2D eigenvalue weighted by molar-refractivity contribution is 6.07. The van der Waals surface area contributed by atoms with Crippen molar-refractivity contribution >= 4 is 32.7 Å². The summed E-state index contributed by atoms with van der Waals surface area (Å²) in [6, 6.07) is 41.2. The summed E-state index contributed by atoms with van der Waals surface area (Å²) < 4.78 is 16.0. The first-order valence-corrected chi connectivity index (χ1v) is 14.7. The standard InChI is InChI=1S/C38H26N4O/c1-39-20-8-12-29-28-11-4-5-13-30(28)42(38(29)39)32-15-7-17-34-36(32)37-35-31(14-6-16-33(35)43-34)40-22-27(23-41(37)40)26-19-18-24-9-2-3-10-25(24)21-26/h2-23,37H,1H3/q+2. The van der Waals surface area contributed by atoms with Gasteiger partial charge in [0.05, 0.1) is 36.0 Å². The van der Waals surface area contributed by atoms with Crippen molar-refractivity contribution in [2.45, 2.75) is 6.04 Å². The van der Waals surface area contributed by atoms with Crippen LogP contribution in [-0.4, -0.2) is 9.25 Å². The van der Waals surface area contributed by atoms with E-state index in [-0.39, 0.29) is 6.04 Å². The fraction of sp³-hybridized carbons (Fsp3) is 0.0526. The van der Waals surface area contributed by atoms with Gasteiger partial charge in [-0.15, -0.1) is 4.68 Å². The van der Waals surface area contributed by atoms with Crippen LogP contribution in [0.4, 0.5) is 0 Å². The van der Waals surface area contributed by atoms with Gasteiger partial charge in [0.2, 0.25) is 12.2 Å². The number of rotatable bonds is 2. The lowest BCUT2D eigenvalue weighted by molar-refractivity contribution is -0.765. The molecule has 0 spiro atoms. The number of para-hydroxylation sites is 1. The van der Waals surface area contributed by atoms with Gasteiger partial charge in [0.1, 0.15) is 34.0 Å². The molecule has 202 valence electrons. The molecule has 8 aromatic rings. The number of hydrogen-bond donors (Lipinski definition) is 0. The Morgan fingerprint density at radius 1 is 0.651 bits per heavy atom. The zero-order valence-corrected chi connectivity index (χ0v) is 23.5. The zero-order chi connectivity index (χ0) is 28.2. The molecule has 0 bridgehead atoms. The minimum atomic E-state index is -0.0365. The Hall–Kier alpha value is -5.68. The molecule has 10 rings (SSSR count). The van der Waals surface area contributed by atoms with E-state index in [1.165, 1.54) is 49.3 Å². The fourth-order valence-corrected chi connectivity index (χ4v) is 7.41. The van der Waals surface area contributed by atoms with E-state index in [2.05, 4.69) is 159 Å². The smallest absolute Gasteiger partial charge is 0.294 e. The number of ether oxygens (including phenoxy) is 1. The van der Waals surface area contributed by atoms with Crippen LogP contribution in [0.15, 0.2) is 134 Å². The number of hydrogen-bond acceptors (Lipinski definition) is 1. The number of benzene rings is 5. The van der Waals surface area contributed by atoms with Gasteiger partial charge in [-0.25, -0.2) is 4.57 Å². The number of nitrogens with zero attached hydrogens (tertiary/aromatic N) is 4. The van der Waals surface area contributed by atoms with Crippen molar-refractivity contribution in [2.75, 3.05) is 0 Å². The molecule has 5 heteroatoms. The second kappa shape index (κ2) is 8.20. The lowest BCUT2D eigenvalue weighted by atomic mass is 9.92. The van der Waals surface area contributed by atoms with E-state index in [1.54, 1.807) is 0 Å². The van der Waals surface area contributed by atoms with Crippen LogP contribution in [0.1, 0.15) is 17.2 Å². The molecule has 5 heterocycles. The predicted octanol–water partition coefficient (Wildman–Crippen LogP) is 7.56. The summed E-state index contributed by atoms with van der Waals surface area (Å²) >= 11 is 0. The maximum atomic E-state index is 6.68. The molecule has 43 heavy (non-hydrogen) atoms. The first-order valence-electron chi connectivity index (χ1n) is 14.7. The van der Waals surface area contributed by atoms with Crippen LogP contribution >= 0.6 is 0 Å². The van der Waals surface area contributed by atoms with E-state index in [4.69, 9.17) is 4.74 Å². The lowest BCUT2D eigenvalue weighted by Crippen LogP contribution is -2.43. The molecule has 0 saturated heterocycles. The normalized spacial score (nSPS) is 14.6. The summed E-state index contributed by atoms with van der Waals surface area (Å²) in [5.41, 5.74) is 9.40. The van der Waals surface area contributed by atoms with Crippen LogP contribution in [-0.2, 0) is 7.05 Å². The van der Waals surface area contributed by atoms with Crippen molar-refractivity contribution in [3.8, 4) is 34.0 Å². The van der Waals surface area contributed by atoms with Gasteiger partial charge in [0, 0.05) is 5.39 Å². The van der Waals surface area contributed by atoms with Crippen molar-refractivity contribution < 1.29 is 14.0 Å². The third-order valence-electron chi connectivity index (χ3n) is 9.26. The average molecular weight is 555 g/mol. The fourth-order valence-electron chi connectivity index (χ4n) is 7.41. The van der Waals surface area contributed by atoms with E-state index >= 15 is 0 Å². The second-order valence-corrected chi connectivity index (χ2v) is 11.6. The maximum absolute atomic E-state index is 6.68. The summed E-state index contributed by atoms with van der Waals surface area (Å²) in [6.07, 6.45) is 6.69. The number of fused-ring (bicyclic) bond motifs is 9. The number of pyridine rings is 1. The Labute approximate surface area is 247 Å². The van der Waals surface area contributed by atoms with Crippen molar-refractivity contribution in [3.05, 3.63) is 145 Å². The van der Waals surface area contributed by atoms with Crippen LogP contribution < -0.4 is 14.0 Å².